The normalized spacial score (nSPS) is 48.7. The molecule has 0 bridgehead atoms. The van der Waals surface area contributed by atoms with Gasteiger partial charge in [0.2, 0.25) is 0 Å². The zero-order valence-corrected chi connectivity index (χ0v) is 14.6. The Morgan fingerprint density at radius 3 is 2.70 bits per heavy atom. The highest BCUT2D eigenvalue weighted by Crippen LogP contribution is 2.65. The maximum Gasteiger partial charge on any atom is 0.310 e. The molecule has 2 saturated carbocycles. The summed E-state index contributed by atoms with van der Waals surface area (Å²) in [7, 11) is 0. The van der Waals surface area contributed by atoms with Gasteiger partial charge in [-0.3, -0.25) is 9.59 Å². The molecule has 1 saturated heterocycles. The highest BCUT2D eigenvalue weighted by Gasteiger charge is 2.60. The van der Waals surface area contributed by atoms with Gasteiger partial charge in [-0.25, -0.2) is 0 Å². The third kappa shape index (κ3) is 2.01. The molecule has 0 radical (unpaired) electrons. The molecule has 1 aliphatic heterocycles. The smallest absolute Gasteiger partial charge is 0.310 e. The fraction of sp³-hybridized carbons (Fsp3) is 0.800. The molecule has 0 aromatic heterocycles. The third-order valence-electron chi connectivity index (χ3n) is 7.96. The largest absolute Gasteiger partial charge is 0.431 e. The number of hydrogen-bond acceptors (Lipinski definition) is 3. The summed E-state index contributed by atoms with van der Waals surface area (Å²) in [5, 5.41) is 0. The van der Waals surface area contributed by atoms with Crippen LogP contribution in [0.2, 0.25) is 0 Å². The minimum Gasteiger partial charge on any atom is -0.431 e. The van der Waals surface area contributed by atoms with Gasteiger partial charge in [0.05, 0.1) is 0 Å². The van der Waals surface area contributed by atoms with E-state index in [0.717, 1.165) is 31.4 Å². The number of fused-ring (bicyclic) bond motifs is 5. The van der Waals surface area contributed by atoms with Crippen molar-refractivity contribution in [3.8, 4) is 0 Å². The van der Waals surface area contributed by atoms with E-state index in [0.29, 0.717) is 30.0 Å². The molecule has 3 heteroatoms. The first-order valence-electron chi connectivity index (χ1n) is 9.28. The molecule has 6 atom stereocenters. The van der Waals surface area contributed by atoms with Crippen molar-refractivity contribution < 1.29 is 14.3 Å². The van der Waals surface area contributed by atoms with Crippen LogP contribution in [-0.2, 0) is 14.3 Å². The Labute approximate surface area is 138 Å². The van der Waals surface area contributed by atoms with Crippen LogP contribution < -0.4 is 0 Å². The number of rotatable bonds is 1. The van der Waals surface area contributed by atoms with Crippen molar-refractivity contribution in [2.24, 2.45) is 34.5 Å². The van der Waals surface area contributed by atoms with Gasteiger partial charge in [-0.05, 0) is 74.7 Å². The molecule has 3 fully saturated rings. The van der Waals surface area contributed by atoms with Crippen molar-refractivity contribution in [3.63, 3.8) is 0 Å². The van der Waals surface area contributed by atoms with Crippen molar-refractivity contribution in [2.45, 2.75) is 65.7 Å². The first kappa shape index (κ1) is 15.4. The van der Waals surface area contributed by atoms with Gasteiger partial charge < -0.3 is 4.74 Å². The first-order chi connectivity index (χ1) is 10.9. The summed E-state index contributed by atoms with van der Waals surface area (Å²) in [5.74, 6) is 3.45. The van der Waals surface area contributed by atoms with Crippen LogP contribution in [0.4, 0.5) is 0 Å². The van der Waals surface area contributed by atoms with Crippen molar-refractivity contribution in [2.75, 3.05) is 0 Å². The SMILES string of the molecule is CC(=O)[C@@H]1CC[C@@H]2[C@H]3CC=C4OC(=O)CC[C@]4(C)[C@@H]3CC[C@@]21C. The lowest BCUT2D eigenvalue weighted by molar-refractivity contribution is -0.152. The number of hydrogen-bond donors (Lipinski definition) is 0. The molecule has 4 rings (SSSR count). The number of esters is 1. The van der Waals surface area contributed by atoms with Crippen LogP contribution in [0.25, 0.3) is 0 Å². The van der Waals surface area contributed by atoms with E-state index in [-0.39, 0.29) is 22.7 Å². The van der Waals surface area contributed by atoms with Crippen LogP contribution >= 0.6 is 0 Å². The maximum atomic E-state index is 12.1. The topological polar surface area (TPSA) is 43.4 Å². The van der Waals surface area contributed by atoms with Crippen LogP contribution in [0.5, 0.6) is 0 Å². The molecule has 1 heterocycles. The van der Waals surface area contributed by atoms with E-state index < -0.39 is 0 Å². The number of carbonyl (C=O) groups excluding carboxylic acids is 2. The Morgan fingerprint density at radius 2 is 1.96 bits per heavy atom. The van der Waals surface area contributed by atoms with Gasteiger partial charge in [0.25, 0.3) is 0 Å². The quantitative estimate of drug-likeness (QED) is 0.679. The second-order valence-electron chi connectivity index (χ2n) is 8.86. The Kier molecular flexibility index (Phi) is 3.31. The fourth-order valence-electron chi connectivity index (χ4n) is 6.74. The number of allylic oxidation sites excluding steroid dienone is 2. The molecule has 0 N–H and O–H groups in total. The molecular formula is C20H28O3. The van der Waals surface area contributed by atoms with Gasteiger partial charge in [0.1, 0.15) is 11.5 Å². The molecule has 0 aromatic carbocycles. The molecule has 0 unspecified atom stereocenters. The summed E-state index contributed by atoms with van der Waals surface area (Å²) in [4.78, 5) is 23.8. The van der Waals surface area contributed by atoms with Crippen molar-refractivity contribution in [1.82, 2.24) is 0 Å². The number of Topliss-reactive ketones (excluding diaryl/α,β-unsaturated/α-hetero) is 1. The molecule has 3 nitrogen and oxygen atoms in total. The Bertz CT molecular complexity index is 592. The van der Waals surface area contributed by atoms with E-state index in [1.807, 2.05) is 0 Å². The van der Waals surface area contributed by atoms with E-state index in [4.69, 9.17) is 4.74 Å². The minimum atomic E-state index is -0.0645. The van der Waals surface area contributed by atoms with Crippen LogP contribution in [0.1, 0.15) is 65.7 Å². The van der Waals surface area contributed by atoms with Crippen molar-refractivity contribution in [1.29, 1.82) is 0 Å². The second kappa shape index (κ2) is 4.94. The molecular weight excluding hydrogens is 288 g/mol. The van der Waals surface area contributed by atoms with Gasteiger partial charge in [-0.2, -0.15) is 0 Å². The van der Waals surface area contributed by atoms with Crippen LogP contribution in [0.15, 0.2) is 11.8 Å². The predicted octanol–water partition coefficient (Wildman–Crippen LogP) is 4.27. The summed E-state index contributed by atoms with van der Waals surface area (Å²) in [6.45, 7) is 6.46. The standard InChI is InChI=1S/C20H28O3/c1-12(21)14-5-6-15-13-4-7-17-20(3,11-9-18(22)23-17)16(13)8-10-19(14,15)2/h7,13-16H,4-6,8-11H2,1-3H3/t13-,14+,15-,16-,19-,20-/m1/s1. The number of carbonyl (C=O) groups is 2. The van der Waals surface area contributed by atoms with Gasteiger partial charge in [-0.1, -0.05) is 13.8 Å². The first-order valence-corrected chi connectivity index (χ1v) is 9.28. The predicted molar refractivity (Wildman–Crippen MR) is 87.3 cm³/mol. The number of ether oxygens (including phenoxy) is 1. The lowest BCUT2D eigenvalue weighted by atomic mass is 9.49. The average Bonchev–Trinajstić information content (AvgIpc) is 2.85. The van der Waals surface area contributed by atoms with Gasteiger partial charge in [-0.15, -0.1) is 0 Å². The molecule has 0 aromatic rings. The molecule has 23 heavy (non-hydrogen) atoms. The summed E-state index contributed by atoms with van der Waals surface area (Å²) < 4.78 is 5.61. The summed E-state index contributed by atoms with van der Waals surface area (Å²) in [6, 6.07) is 0. The minimum absolute atomic E-state index is 0.0342. The maximum absolute atomic E-state index is 12.1. The van der Waals surface area contributed by atoms with Gasteiger partial charge in [0, 0.05) is 17.8 Å². The number of ketones is 1. The van der Waals surface area contributed by atoms with E-state index in [9.17, 15) is 9.59 Å². The Balaban J connectivity index is 1.67. The lowest BCUT2D eigenvalue weighted by Crippen LogP contribution is -2.51. The summed E-state index contributed by atoms with van der Waals surface area (Å²) in [6.07, 6.45) is 9.29. The second-order valence-corrected chi connectivity index (χ2v) is 8.86. The van der Waals surface area contributed by atoms with Crippen LogP contribution in [0, 0.1) is 34.5 Å². The highest BCUT2D eigenvalue weighted by atomic mass is 16.5. The zero-order valence-electron chi connectivity index (χ0n) is 14.6. The van der Waals surface area contributed by atoms with E-state index >= 15 is 0 Å². The van der Waals surface area contributed by atoms with Gasteiger partial charge >= 0.3 is 5.97 Å². The van der Waals surface area contributed by atoms with E-state index in [2.05, 4.69) is 19.9 Å². The lowest BCUT2D eigenvalue weighted by Gasteiger charge is -2.56. The summed E-state index contributed by atoms with van der Waals surface area (Å²) >= 11 is 0. The Hall–Kier alpha value is -1.12. The monoisotopic (exact) mass is 316 g/mol. The third-order valence-corrected chi connectivity index (χ3v) is 7.96. The summed E-state index contributed by atoms with van der Waals surface area (Å²) in [5.41, 5.74) is 0.229. The Morgan fingerprint density at radius 1 is 1.17 bits per heavy atom. The van der Waals surface area contributed by atoms with Crippen molar-refractivity contribution >= 4 is 11.8 Å². The van der Waals surface area contributed by atoms with Crippen molar-refractivity contribution in [3.05, 3.63) is 11.8 Å². The molecule has 0 spiro atoms. The highest BCUT2D eigenvalue weighted by molar-refractivity contribution is 5.79. The van der Waals surface area contributed by atoms with E-state index in [1.165, 1.54) is 12.8 Å². The molecule has 3 aliphatic carbocycles. The zero-order chi connectivity index (χ0) is 16.4. The molecule has 4 aliphatic rings. The average molecular weight is 316 g/mol. The van der Waals surface area contributed by atoms with Gasteiger partial charge in [0.15, 0.2) is 0 Å². The fourth-order valence-corrected chi connectivity index (χ4v) is 6.74. The molecule has 0 amide bonds. The molecule has 126 valence electrons. The van der Waals surface area contributed by atoms with Crippen LogP contribution in [-0.4, -0.2) is 11.8 Å². The van der Waals surface area contributed by atoms with E-state index in [1.54, 1.807) is 6.92 Å². The van der Waals surface area contributed by atoms with Crippen LogP contribution in [0.3, 0.4) is 0 Å².